The molecule has 2 aromatic rings. The van der Waals surface area contributed by atoms with Gasteiger partial charge in [-0.1, -0.05) is 6.07 Å². The number of aryl methyl sites for hydroxylation is 1. The van der Waals surface area contributed by atoms with Crippen molar-refractivity contribution in [2.75, 3.05) is 13.1 Å². The van der Waals surface area contributed by atoms with Gasteiger partial charge in [0.15, 0.2) is 0 Å². The molecule has 0 bridgehead atoms. The molecule has 1 atom stereocenters. The van der Waals surface area contributed by atoms with E-state index in [9.17, 15) is 5.11 Å². The summed E-state index contributed by atoms with van der Waals surface area (Å²) in [4.78, 5) is 7.84. The van der Waals surface area contributed by atoms with Crippen molar-refractivity contribution in [2.24, 2.45) is 0 Å². The second-order valence-electron chi connectivity index (χ2n) is 4.68. The van der Waals surface area contributed by atoms with Gasteiger partial charge in [0.25, 0.3) is 0 Å². The highest BCUT2D eigenvalue weighted by Crippen LogP contribution is 2.26. The molecule has 1 saturated heterocycles. The zero-order valence-electron chi connectivity index (χ0n) is 10.3. The fraction of sp³-hybridized carbons (Fsp3) is 0.462. The molecule has 3 heterocycles. The van der Waals surface area contributed by atoms with E-state index in [-0.39, 0.29) is 6.10 Å². The summed E-state index contributed by atoms with van der Waals surface area (Å²) in [5, 5.41) is 11.5. The molecule has 0 spiro atoms. The normalized spacial score (nSPS) is 20.7. The molecule has 0 aromatic carbocycles. The fourth-order valence-electron chi connectivity index (χ4n) is 2.25. The topological polar surface area (TPSA) is 49.5 Å². The van der Waals surface area contributed by atoms with Crippen LogP contribution in [-0.2, 0) is 6.54 Å². The molecular weight excluding hydrogens is 248 g/mol. The van der Waals surface area contributed by atoms with Crippen LogP contribution in [0.25, 0.3) is 10.8 Å². The fourth-order valence-corrected chi connectivity index (χ4v) is 2.90. The quantitative estimate of drug-likeness (QED) is 0.924. The Morgan fingerprint density at radius 2 is 2.50 bits per heavy atom. The average Bonchev–Trinajstić information content (AvgIpc) is 3.02. The lowest BCUT2D eigenvalue weighted by Crippen LogP contribution is -2.22. The Bertz CT molecular complexity index is 521. The number of aliphatic hydroxyl groups is 1. The zero-order chi connectivity index (χ0) is 12.5. The van der Waals surface area contributed by atoms with E-state index < -0.39 is 0 Å². The first-order valence-electron chi connectivity index (χ1n) is 6.13. The Morgan fingerprint density at radius 1 is 1.61 bits per heavy atom. The highest BCUT2D eigenvalue weighted by Gasteiger charge is 2.22. The first kappa shape index (κ1) is 11.9. The van der Waals surface area contributed by atoms with Crippen LogP contribution >= 0.6 is 11.3 Å². The highest BCUT2D eigenvalue weighted by atomic mass is 32.1. The van der Waals surface area contributed by atoms with Crippen LogP contribution in [0.4, 0.5) is 0 Å². The number of oxazole rings is 1. The van der Waals surface area contributed by atoms with E-state index in [1.807, 2.05) is 24.4 Å². The number of hydrogen-bond donors (Lipinski definition) is 1. The Balaban J connectivity index is 1.77. The molecule has 1 N–H and O–H groups in total. The first-order chi connectivity index (χ1) is 8.72. The maximum absolute atomic E-state index is 9.52. The van der Waals surface area contributed by atoms with Crippen LogP contribution in [0.3, 0.4) is 0 Å². The molecule has 0 amide bonds. The van der Waals surface area contributed by atoms with Crippen LogP contribution < -0.4 is 0 Å². The summed E-state index contributed by atoms with van der Waals surface area (Å²) in [6.45, 7) is 4.38. The predicted molar refractivity (Wildman–Crippen MR) is 70.5 cm³/mol. The van der Waals surface area contributed by atoms with Crippen LogP contribution in [0.2, 0.25) is 0 Å². The molecule has 96 valence electrons. The van der Waals surface area contributed by atoms with Crippen molar-refractivity contribution in [3.63, 3.8) is 0 Å². The largest absolute Gasteiger partial charge is 0.440 e. The molecule has 1 aliphatic heterocycles. The number of hydrogen-bond acceptors (Lipinski definition) is 5. The number of β-amino-alcohol motifs (C(OH)–C–C–N with tert-alkyl or cyclic N) is 1. The summed E-state index contributed by atoms with van der Waals surface area (Å²) in [5.41, 5.74) is 0.979. The SMILES string of the molecule is Cc1oc(-c2cccs2)nc1CN1CC[C@@H](O)C1. The summed E-state index contributed by atoms with van der Waals surface area (Å²) in [6.07, 6.45) is 0.670. The summed E-state index contributed by atoms with van der Waals surface area (Å²) in [7, 11) is 0. The summed E-state index contributed by atoms with van der Waals surface area (Å²) in [6, 6.07) is 4.01. The van der Waals surface area contributed by atoms with Crippen molar-refractivity contribution >= 4 is 11.3 Å². The van der Waals surface area contributed by atoms with Gasteiger partial charge >= 0.3 is 0 Å². The second-order valence-corrected chi connectivity index (χ2v) is 5.62. The van der Waals surface area contributed by atoms with Gasteiger partial charge in [-0.25, -0.2) is 4.98 Å². The van der Waals surface area contributed by atoms with Gasteiger partial charge in [0, 0.05) is 19.6 Å². The Kier molecular flexibility index (Phi) is 3.20. The molecule has 0 aliphatic carbocycles. The standard InChI is InChI=1S/C13H16N2O2S/c1-9-11(8-15-5-4-10(16)7-15)14-13(17-9)12-3-2-6-18-12/h2-3,6,10,16H,4-5,7-8H2,1H3/t10-/m1/s1. The molecule has 0 unspecified atom stereocenters. The molecule has 4 nitrogen and oxygen atoms in total. The van der Waals surface area contributed by atoms with E-state index in [1.54, 1.807) is 11.3 Å². The second kappa shape index (κ2) is 4.84. The molecule has 0 radical (unpaired) electrons. The molecule has 3 rings (SSSR count). The van der Waals surface area contributed by atoms with Crippen molar-refractivity contribution in [2.45, 2.75) is 26.0 Å². The number of rotatable bonds is 3. The van der Waals surface area contributed by atoms with Crippen molar-refractivity contribution < 1.29 is 9.52 Å². The molecule has 18 heavy (non-hydrogen) atoms. The van der Waals surface area contributed by atoms with Gasteiger partial charge in [0.1, 0.15) is 5.76 Å². The average molecular weight is 264 g/mol. The van der Waals surface area contributed by atoms with Gasteiger partial charge in [0.05, 0.1) is 16.7 Å². The molecule has 2 aromatic heterocycles. The minimum Gasteiger partial charge on any atom is -0.440 e. The number of thiophene rings is 1. The maximum Gasteiger partial charge on any atom is 0.236 e. The van der Waals surface area contributed by atoms with Gasteiger partial charge in [-0.2, -0.15) is 0 Å². The number of likely N-dealkylation sites (tertiary alicyclic amines) is 1. The number of aliphatic hydroxyl groups excluding tert-OH is 1. The number of nitrogens with zero attached hydrogens (tertiary/aromatic N) is 2. The summed E-state index contributed by atoms with van der Waals surface area (Å²) in [5.74, 6) is 1.58. The molecular formula is C13H16N2O2S. The third-order valence-corrected chi connectivity index (χ3v) is 4.10. The van der Waals surface area contributed by atoms with Crippen molar-refractivity contribution in [3.05, 3.63) is 29.0 Å². The number of aromatic nitrogens is 1. The lowest BCUT2D eigenvalue weighted by Gasteiger charge is -2.12. The van der Waals surface area contributed by atoms with Crippen LogP contribution in [0.5, 0.6) is 0 Å². The van der Waals surface area contributed by atoms with Crippen LogP contribution in [-0.4, -0.2) is 34.2 Å². The molecule has 0 saturated carbocycles. The van der Waals surface area contributed by atoms with Crippen molar-refractivity contribution in [1.29, 1.82) is 0 Å². The van der Waals surface area contributed by atoms with Gasteiger partial charge in [-0.15, -0.1) is 11.3 Å². The Morgan fingerprint density at radius 3 is 3.17 bits per heavy atom. The zero-order valence-corrected chi connectivity index (χ0v) is 11.1. The monoisotopic (exact) mass is 264 g/mol. The molecule has 5 heteroatoms. The minimum atomic E-state index is -0.186. The third-order valence-electron chi connectivity index (χ3n) is 3.25. The lowest BCUT2D eigenvalue weighted by atomic mass is 10.3. The molecule has 1 aliphatic rings. The Labute approximate surface area is 110 Å². The Hall–Kier alpha value is -1.17. The van der Waals surface area contributed by atoms with E-state index in [1.165, 1.54) is 0 Å². The summed E-state index contributed by atoms with van der Waals surface area (Å²) >= 11 is 1.63. The smallest absolute Gasteiger partial charge is 0.236 e. The van der Waals surface area contributed by atoms with Crippen molar-refractivity contribution in [1.82, 2.24) is 9.88 Å². The van der Waals surface area contributed by atoms with Crippen molar-refractivity contribution in [3.8, 4) is 10.8 Å². The van der Waals surface area contributed by atoms with Crippen LogP contribution in [0, 0.1) is 6.92 Å². The lowest BCUT2D eigenvalue weighted by molar-refractivity contribution is 0.174. The van der Waals surface area contributed by atoms with Gasteiger partial charge < -0.3 is 9.52 Å². The van der Waals surface area contributed by atoms with Gasteiger partial charge in [0.2, 0.25) is 5.89 Å². The third kappa shape index (κ3) is 2.34. The van der Waals surface area contributed by atoms with E-state index in [0.717, 1.165) is 42.4 Å². The van der Waals surface area contributed by atoms with E-state index in [2.05, 4.69) is 9.88 Å². The van der Waals surface area contributed by atoms with Gasteiger partial charge in [-0.05, 0) is 24.8 Å². The van der Waals surface area contributed by atoms with E-state index in [4.69, 9.17) is 4.42 Å². The van der Waals surface area contributed by atoms with E-state index >= 15 is 0 Å². The van der Waals surface area contributed by atoms with E-state index in [0.29, 0.717) is 5.89 Å². The van der Waals surface area contributed by atoms with Crippen LogP contribution in [0.1, 0.15) is 17.9 Å². The minimum absolute atomic E-state index is 0.186. The first-order valence-corrected chi connectivity index (χ1v) is 7.01. The highest BCUT2D eigenvalue weighted by molar-refractivity contribution is 7.13. The van der Waals surface area contributed by atoms with Gasteiger partial charge in [-0.3, -0.25) is 4.90 Å². The molecule has 1 fully saturated rings. The maximum atomic E-state index is 9.52. The van der Waals surface area contributed by atoms with Crippen LogP contribution in [0.15, 0.2) is 21.9 Å². The predicted octanol–water partition coefficient (Wildman–Crippen LogP) is 2.28. The summed E-state index contributed by atoms with van der Waals surface area (Å²) < 4.78 is 5.71.